The largest absolute Gasteiger partial charge is 0.332 e. The van der Waals surface area contributed by atoms with Gasteiger partial charge < -0.3 is 0 Å². The molecule has 0 aromatic heterocycles. The molecule has 1 aliphatic rings. The Kier molecular flexibility index (Phi) is 4.17. The van der Waals surface area contributed by atoms with Crippen molar-refractivity contribution >= 4 is 20.2 Å². The topological polar surface area (TPSA) is 71.5 Å². The van der Waals surface area contributed by atoms with Gasteiger partial charge in [0.2, 0.25) is 10.0 Å². The van der Waals surface area contributed by atoms with Crippen LogP contribution in [0.5, 0.6) is 0 Å². The van der Waals surface area contributed by atoms with Crippen molar-refractivity contribution in [2.45, 2.75) is 36.0 Å². The third kappa shape index (κ3) is 3.02. The molecule has 2 rings (SSSR count). The van der Waals surface area contributed by atoms with Crippen LogP contribution in [0.25, 0.3) is 0 Å². The number of rotatable bonds is 3. The third-order valence-corrected chi connectivity index (χ3v) is 6.23. The van der Waals surface area contributed by atoms with E-state index in [2.05, 4.69) is 0 Å². The number of hydrogen-bond acceptors (Lipinski definition) is 4. The van der Waals surface area contributed by atoms with Gasteiger partial charge >= 0.3 is 10.2 Å². The molecule has 0 radical (unpaired) electrons. The number of benzene rings is 1. The van der Waals surface area contributed by atoms with E-state index in [1.165, 1.54) is 10.4 Å². The molecule has 0 saturated carbocycles. The fourth-order valence-corrected chi connectivity index (χ4v) is 4.59. The van der Waals surface area contributed by atoms with Crippen molar-refractivity contribution in [1.82, 2.24) is 4.31 Å². The first-order chi connectivity index (χ1) is 9.23. The molecule has 112 valence electrons. The molecule has 0 atom stereocenters. The smallest absolute Gasteiger partial charge is 0.207 e. The van der Waals surface area contributed by atoms with Gasteiger partial charge in [0.1, 0.15) is 0 Å². The molecule has 1 saturated heterocycles. The summed E-state index contributed by atoms with van der Waals surface area (Å²) in [6.07, 6.45) is 2.53. The van der Waals surface area contributed by atoms with Crippen LogP contribution in [-0.2, 0) is 20.2 Å². The molecule has 1 aromatic carbocycles. The number of hydrogen-bond donors (Lipinski definition) is 0. The normalized spacial score (nSPS) is 18.1. The highest BCUT2D eigenvalue weighted by atomic mass is 32.3. The molecule has 0 spiro atoms. The average molecular weight is 321 g/mol. The summed E-state index contributed by atoms with van der Waals surface area (Å²) in [5.41, 5.74) is 0.406. The minimum Gasteiger partial charge on any atom is -0.207 e. The molecule has 0 aliphatic carbocycles. The summed E-state index contributed by atoms with van der Waals surface area (Å²) < 4.78 is 61.2. The summed E-state index contributed by atoms with van der Waals surface area (Å²) in [6, 6.07) is 3.28. The lowest BCUT2D eigenvalue weighted by Crippen LogP contribution is -2.36. The van der Waals surface area contributed by atoms with E-state index in [0.29, 0.717) is 18.7 Å². The van der Waals surface area contributed by atoms with E-state index < -0.39 is 25.1 Å². The zero-order valence-corrected chi connectivity index (χ0v) is 12.7. The highest BCUT2D eigenvalue weighted by molar-refractivity contribution is 7.89. The zero-order valence-electron chi connectivity index (χ0n) is 11.0. The SMILES string of the molecule is Cc1ccc(S(=O)(=O)F)cc1S(=O)(=O)N1CCCCC1. The standard InChI is InChI=1S/C12H16FNO4S2/c1-10-5-6-11(19(13,15)16)9-12(10)20(17,18)14-7-3-2-4-8-14/h5-6,9H,2-4,7-8H2,1H3. The van der Waals surface area contributed by atoms with Crippen LogP contribution in [0.3, 0.4) is 0 Å². The molecular weight excluding hydrogens is 305 g/mol. The van der Waals surface area contributed by atoms with E-state index in [4.69, 9.17) is 0 Å². The molecule has 5 nitrogen and oxygen atoms in total. The predicted octanol–water partition coefficient (Wildman–Crippen LogP) is 1.83. The number of aryl methyl sites for hydroxylation is 1. The lowest BCUT2D eigenvalue weighted by Gasteiger charge is -2.26. The van der Waals surface area contributed by atoms with Gasteiger partial charge in [-0.15, -0.1) is 3.89 Å². The summed E-state index contributed by atoms with van der Waals surface area (Å²) in [6.45, 7) is 2.38. The van der Waals surface area contributed by atoms with Gasteiger partial charge in [-0.2, -0.15) is 12.7 Å². The molecular formula is C12H16FNO4S2. The molecule has 0 N–H and O–H groups in total. The van der Waals surface area contributed by atoms with Crippen molar-refractivity contribution in [2.75, 3.05) is 13.1 Å². The summed E-state index contributed by atoms with van der Waals surface area (Å²) in [7, 11) is -8.69. The maximum absolute atomic E-state index is 13.0. The van der Waals surface area contributed by atoms with Gasteiger partial charge in [0.25, 0.3) is 0 Å². The van der Waals surface area contributed by atoms with Crippen molar-refractivity contribution < 1.29 is 20.7 Å². The Morgan fingerprint density at radius 3 is 2.20 bits per heavy atom. The summed E-state index contributed by atoms with van der Waals surface area (Å²) >= 11 is 0. The lowest BCUT2D eigenvalue weighted by atomic mass is 10.2. The molecule has 0 unspecified atom stereocenters. The Balaban J connectivity index is 2.50. The van der Waals surface area contributed by atoms with Crippen LogP contribution in [0, 0.1) is 6.92 Å². The van der Waals surface area contributed by atoms with Crippen molar-refractivity contribution in [3.8, 4) is 0 Å². The molecule has 0 amide bonds. The van der Waals surface area contributed by atoms with Crippen molar-refractivity contribution in [3.05, 3.63) is 23.8 Å². The molecule has 0 bridgehead atoms. The van der Waals surface area contributed by atoms with Crippen LogP contribution >= 0.6 is 0 Å². The van der Waals surface area contributed by atoms with E-state index in [1.807, 2.05) is 0 Å². The van der Waals surface area contributed by atoms with Gasteiger partial charge in [0.05, 0.1) is 9.79 Å². The van der Waals surface area contributed by atoms with E-state index in [1.54, 1.807) is 6.92 Å². The fraction of sp³-hybridized carbons (Fsp3) is 0.500. The second kappa shape index (κ2) is 5.42. The van der Waals surface area contributed by atoms with E-state index in [9.17, 15) is 20.7 Å². The van der Waals surface area contributed by atoms with Crippen molar-refractivity contribution in [1.29, 1.82) is 0 Å². The van der Waals surface area contributed by atoms with Gasteiger partial charge in [0, 0.05) is 13.1 Å². The average Bonchev–Trinajstić information content (AvgIpc) is 2.38. The van der Waals surface area contributed by atoms with E-state index >= 15 is 0 Å². The summed E-state index contributed by atoms with van der Waals surface area (Å²) in [4.78, 5) is -0.767. The first-order valence-corrected chi connectivity index (χ1v) is 9.11. The maximum Gasteiger partial charge on any atom is 0.332 e. The number of nitrogens with zero attached hydrogens (tertiary/aromatic N) is 1. The number of sulfonamides is 1. The van der Waals surface area contributed by atoms with Crippen LogP contribution < -0.4 is 0 Å². The van der Waals surface area contributed by atoms with Crippen molar-refractivity contribution in [2.24, 2.45) is 0 Å². The lowest BCUT2D eigenvalue weighted by molar-refractivity contribution is 0.346. The molecule has 8 heteroatoms. The number of halogens is 1. The van der Waals surface area contributed by atoms with Gasteiger partial charge in [-0.05, 0) is 37.5 Å². The first kappa shape index (κ1) is 15.4. The minimum absolute atomic E-state index is 0.141. The Hall–Kier alpha value is -0.990. The molecule has 1 aromatic rings. The van der Waals surface area contributed by atoms with Crippen LogP contribution in [0.1, 0.15) is 24.8 Å². The van der Waals surface area contributed by atoms with Gasteiger partial charge in [-0.25, -0.2) is 8.42 Å². The first-order valence-electron chi connectivity index (χ1n) is 6.28. The summed E-state index contributed by atoms with van der Waals surface area (Å²) in [5, 5.41) is 0. The fourth-order valence-electron chi connectivity index (χ4n) is 2.25. The Morgan fingerprint density at radius 2 is 1.65 bits per heavy atom. The van der Waals surface area contributed by atoms with Crippen LogP contribution in [0.4, 0.5) is 3.89 Å². The van der Waals surface area contributed by atoms with Gasteiger partial charge in [-0.3, -0.25) is 0 Å². The monoisotopic (exact) mass is 321 g/mol. The number of piperidine rings is 1. The second-order valence-electron chi connectivity index (χ2n) is 4.83. The highest BCUT2D eigenvalue weighted by Crippen LogP contribution is 2.26. The zero-order chi connectivity index (χ0) is 15.0. The Bertz CT molecular complexity index is 707. The maximum atomic E-state index is 13.0. The van der Waals surface area contributed by atoms with E-state index in [0.717, 1.165) is 31.4 Å². The Labute approximate surface area is 118 Å². The van der Waals surface area contributed by atoms with Crippen LogP contribution in [-0.4, -0.2) is 34.2 Å². The quantitative estimate of drug-likeness (QED) is 0.796. The van der Waals surface area contributed by atoms with Gasteiger partial charge in [-0.1, -0.05) is 12.5 Å². The molecule has 20 heavy (non-hydrogen) atoms. The van der Waals surface area contributed by atoms with Crippen LogP contribution in [0.15, 0.2) is 28.0 Å². The van der Waals surface area contributed by atoms with Crippen LogP contribution in [0.2, 0.25) is 0 Å². The summed E-state index contributed by atoms with van der Waals surface area (Å²) in [5.74, 6) is 0. The predicted molar refractivity (Wildman–Crippen MR) is 72.1 cm³/mol. The van der Waals surface area contributed by atoms with Crippen molar-refractivity contribution in [3.63, 3.8) is 0 Å². The molecule has 1 fully saturated rings. The minimum atomic E-state index is -4.92. The van der Waals surface area contributed by atoms with Gasteiger partial charge in [0.15, 0.2) is 0 Å². The second-order valence-corrected chi connectivity index (χ2v) is 8.08. The molecule has 1 heterocycles. The Morgan fingerprint density at radius 1 is 1.05 bits per heavy atom. The molecule has 1 aliphatic heterocycles. The third-order valence-electron chi connectivity index (χ3n) is 3.37. The van der Waals surface area contributed by atoms with E-state index in [-0.39, 0.29) is 4.90 Å². The highest BCUT2D eigenvalue weighted by Gasteiger charge is 2.28.